The van der Waals surface area contributed by atoms with Gasteiger partial charge in [0.15, 0.2) is 0 Å². The average molecular weight is 325 g/mol. The Labute approximate surface area is 144 Å². The van der Waals surface area contributed by atoms with Gasteiger partial charge in [-0.2, -0.15) is 0 Å². The topological polar surface area (TPSA) is 38.2 Å². The van der Waals surface area contributed by atoms with Gasteiger partial charge < -0.3 is 9.64 Å². The van der Waals surface area contributed by atoms with E-state index in [0.717, 1.165) is 43.1 Å². The van der Waals surface area contributed by atoms with Gasteiger partial charge in [0.2, 0.25) is 0 Å². The number of hydrogen-bond donors (Lipinski definition) is 0. The first-order valence-corrected chi connectivity index (χ1v) is 9.02. The Morgan fingerprint density at radius 1 is 1.08 bits per heavy atom. The van der Waals surface area contributed by atoms with Gasteiger partial charge in [0.25, 0.3) is 0 Å². The maximum Gasteiger partial charge on any atom is 0.0888 e. The van der Waals surface area contributed by atoms with Crippen LogP contribution in [0.5, 0.6) is 0 Å². The summed E-state index contributed by atoms with van der Waals surface area (Å²) in [5.41, 5.74) is 4.50. The highest BCUT2D eigenvalue weighted by molar-refractivity contribution is 5.23. The standard InChI is InChI=1S/C20H27N3O/c1-2-18-14-17(8-9-21-18)15-19-6-5-7-20(22-19)16-24-13-12-23-10-3-4-11-23/h5-9,14H,2-4,10-13,15-16H2,1H3. The normalized spacial score (nSPS) is 15.0. The molecular formula is C20H27N3O. The molecule has 0 aromatic carbocycles. The van der Waals surface area contributed by atoms with Gasteiger partial charge in [-0.25, -0.2) is 0 Å². The molecular weight excluding hydrogens is 298 g/mol. The zero-order valence-corrected chi connectivity index (χ0v) is 14.6. The van der Waals surface area contributed by atoms with E-state index in [1.54, 1.807) is 0 Å². The van der Waals surface area contributed by atoms with Crippen LogP contribution in [0.4, 0.5) is 0 Å². The van der Waals surface area contributed by atoms with Gasteiger partial charge in [-0.05, 0) is 62.2 Å². The fourth-order valence-corrected chi connectivity index (χ4v) is 3.13. The number of likely N-dealkylation sites (tertiary alicyclic amines) is 1. The first-order chi connectivity index (χ1) is 11.8. The molecule has 0 N–H and O–H groups in total. The molecule has 1 aliphatic rings. The number of rotatable bonds is 8. The lowest BCUT2D eigenvalue weighted by molar-refractivity contribution is 0.0970. The summed E-state index contributed by atoms with van der Waals surface area (Å²) in [6.07, 6.45) is 6.36. The molecule has 4 heteroatoms. The number of aryl methyl sites for hydroxylation is 1. The van der Waals surface area contributed by atoms with Crippen LogP contribution < -0.4 is 0 Å². The van der Waals surface area contributed by atoms with Crippen molar-refractivity contribution in [3.63, 3.8) is 0 Å². The summed E-state index contributed by atoms with van der Waals surface area (Å²) < 4.78 is 5.81. The SMILES string of the molecule is CCc1cc(Cc2cccc(COCCN3CCCC3)n2)ccn1. The third-order valence-electron chi connectivity index (χ3n) is 4.49. The molecule has 2 aromatic heterocycles. The molecule has 0 bridgehead atoms. The molecule has 2 aromatic rings. The summed E-state index contributed by atoms with van der Waals surface area (Å²) in [7, 11) is 0. The quantitative estimate of drug-likeness (QED) is 0.698. The van der Waals surface area contributed by atoms with Crippen LogP contribution in [0.3, 0.4) is 0 Å². The van der Waals surface area contributed by atoms with Crippen LogP contribution in [0.1, 0.15) is 42.4 Å². The minimum Gasteiger partial charge on any atom is -0.374 e. The second-order valence-corrected chi connectivity index (χ2v) is 6.41. The zero-order valence-electron chi connectivity index (χ0n) is 14.6. The van der Waals surface area contributed by atoms with Crippen molar-refractivity contribution in [1.82, 2.24) is 14.9 Å². The third-order valence-corrected chi connectivity index (χ3v) is 4.49. The third kappa shape index (κ3) is 5.11. The number of pyridine rings is 2. The molecule has 0 radical (unpaired) electrons. The maximum atomic E-state index is 5.81. The van der Waals surface area contributed by atoms with E-state index in [2.05, 4.69) is 41.1 Å². The maximum absolute atomic E-state index is 5.81. The van der Waals surface area contributed by atoms with Crippen molar-refractivity contribution < 1.29 is 4.74 Å². The minimum absolute atomic E-state index is 0.595. The van der Waals surface area contributed by atoms with Crippen LogP contribution in [0, 0.1) is 0 Å². The van der Waals surface area contributed by atoms with Crippen molar-refractivity contribution in [1.29, 1.82) is 0 Å². The second kappa shape index (κ2) is 8.90. The average Bonchev–Trinajstić information content (AvgIpc) is 3.13. The van der Waals surface area contributed by atoms with E-state index >= 15 is 0 Å². The summed E-state index contributed by atoms with van der Waals surface area (Å²) in [5.74, 6) is 0. The molecule has 4 nitrogen and oxygen atoms in total. The van der Waals surface area contributed by atoms with Crippen molar-refractivity contribution in [2.45, 2.75) is 39.2 Å². The summed E-state index contributed by atoms with van der Waals surface area (Å²) in [4.78, 5) is 11.6. The smallest absolute Gasteiger partial charge is 0.0888 e. The Hall–Kier alpha value is -1.78. The van der Waals surface area contributed by atoms with Crippen LogP contribution in [0.25, 0.3) is 0 Å². The highest BCUT2D eigenvalue weighted by Gasteiger charge is 2.10. The largest absolute Gasteiger partial charge is 0.374 e. The van der Waals surface area contributed by atoms with Crippen molar-refractivity contribution >= 4 is 0 Å². The highest BCUT2D eigenvalue weighted by atomic mass is 16.5. The molecule has 1 saturated heterocycles. The lowest BCUT2D eigenvalue weighted by Gasteiger charge is -2.14. The van der Waals surface area contributed by atoms with Crippen LogP contribution in [-0.4, -0.2) is 41.1 Å². The first kappa shape index (κ1) is 17.1. The monoisotopic (exact) mass is 325 g/mol. The van der Waals surface area contributed by atoms with Gasteiger partial charge in [0.1, 0.15) is 0 Å². The second-order valence-electron chi connectivity index (χ2n) is 6.41. The fraction of sp³-hybridized carbons (Fsp3) is 0.500. The van der Waals surface area contributed by atoms with E-state index in [1.165, 1.54) is 31.5 Å². The van der Waals surface area contributed by atoms with E-state index in [0.29, 0.717) is 6.61 Å². The predicted octanol–water partition coefficient (Wildman–Crippen LogP) is 3.24. The molecule has 0 saturated carbocycles. The van der Waals surface area contributed by atoms with Gasteiger partial charge in [-0.3, -0.25) is 9.97 Å². The van der Waals surface area contributed by atoms with Crippen LogP contribution in [0.2, 0.25) is 0 Å². The van der Waals surface area contributed by atoms with Crippen molar-refractivity contribution in [3.8, 4) is 0 Å². The predicted molar refractivity (Wildman–Crippen MR) is 96.0 cm³/mol. The Morgan fingerprint density at radius 3 is 2.75 bits per heavy atom. The van der Waals surface area contributed by atoms with Gasteiger partial charge in [0.05, 0.1) is 18.9 Å². The Kier molecular flexibility index (Phi) is 6.33. The van der Waals surface area contributed by atoms with Crippen molar-refractivity contribution in [2.75, 3.05) is 26.2 Å². The lowest BCUT2D eigenvalue weighted by atomic mass is 10.1. The van der Waals surface area contributed by atoms with Crippen LogP contribution >= 0.6 is 0 Å². The molecule has 3 heterocycles. The summed E-state index contributed by atoms with van der Waals surface area (Å²) in [5, 5.41) is 0. The Balaban J connectivity index is 1.49. The summed E-state index contributed by atoms with van der Waals surface area (Å²) >= 11 is 0. The van der Waals surface area contributed by atoms with E-state index < -0.39 is 0 Å². The molecule has 0 unspecified atom stereocenters. The van der Waals surface area contributed by atoms with Crippen LogP contribution in [-0.2, 0) is 24.2 Å². The first-order valence-electron chi connectivity index (χ1n) is 9.02. The summed E-state index contributed by atoms with van der Waals surface area (Å²) in [6.45, 7) is 7.00. The van der Waals surface area contributed by atoms with Gasteiger partial charge in [-0.1, -0.05) is 13.0 Å². The molecule has 128 valence electrons. The van der Waals surface area contributed by atoms with E-state index in [9.17, 15) is 0 Å². The number of hydrogen-bond acceptors (Lipinski definition) is 4. The van der Waals surface area contributed by atoms with E-state index in [-0.39, 0.29) is 0 Å². The molecule has 1 fully saturated rings. The van der Waals surface area contributed by atoms with Crippen LogP contribution in [0.15, 0.2) is 36.5 Å². The van der Waals surface area contributed by atoms with Gasteiger partial charge in [-0.15, -0.1) is 0 Å². The lowest BCUT2D eigenvalue weighted by Crippen LogP contribution is -2.24. The molecule has 3 rings (SSSR count). The highest BCUT2D eigenvalue weighted by Crippen LogP contribution is 2.10. The molecule has 0 amide bonds. The van der Waals surface area contributed by atoms with Crippen molar-refractivity contribution in [2.24, 2.45) is 0 Å². The van der Waals surface area contributed by atoms with Gasteiger partial charge >= 0.3 is 0 Å². The number of ether oxygens (including phenoxy) is 1. The zero-order chi connectivity index (χ0) is 16.6. The molecule has 24 heavy (non-hydrogen) atoms. The molecule has 0 spiro atoms. The molecule has 1 aliphatic heterocycles. The Morgan fingerprint density at radius 2 is 1.92 bits per heavy atom. The molecule has 0 atom stereocenters. The fourth-order valence-electron chi connectivity index (χ4n) is 3.13. The van der Waals surface area contributed by atoms with Gasteiger partial charge in [0, 0.05) is 30.6 Å². The molecule has 0 aliphatic carbocycles. The van der Waals surface area contributed by atoms with Crippen molar-refractivity contribution in [3.05, 3.63) is 59.2 Å². The summed E-state index contributed by atoms with van der Waals surface area (Å²) in [6, 6.07) is 10.4. The number of nitrogens with zero attached hydrogens (tertiary/aromatic N) is 3. The van der Waals surface area contributed by atoms with E-state index in [1.807, 2.05) is 12.3 Å². The minimum atomic E-state index is 0.595. The number of aromatic nitrogens is 2. The Bertz CT molecular complexity index is 638. The van der Waals surface area contributed by atoms with E-state index in [4.69, 9.17) is 9.72 Å².